The van der Waals surface area contributed by atoms with E-state index in [2.05, 4.69) is 22.2 Å². The maximum Gasteiger partial charge on any atom is 0.274 e. The van der Waals surface area contributed by atoms with Gasteiger partial charge in [-0.05, 0) is 35.7 Å². The number of aromatic nitrogens is 2. The Hall–Kier alpha value is -3.21. The standard InChI is InChI=1S/C21H22N4O/c1-3-16-9-11-18(12-10-16)23-20(26)19-13-14-22-21(24-19)25(2)15-17-7-5-4-6-8-17/h4-14H,3,15H2,1-2H3,(H,23,26). The van der Waals surface area contributed by atoms with Gasteiger partial charge in [0.1, 0.15) is 5.69 Å². The van der Waals surface area contributed by atoms with Gasteiger partial charge in [-0.3, -0.25) is 4.79 Å². The fraction of sp³-hybridized carbons (Fsp3) is 0.190. The molecule has 2 aromatic carbocycles. The number of hydrogen-bond acceptors (Lipinski definition) is 4. The number of rotatable bonds is 6. The van der Waals surface area contributed by atoms with Crippen LogP contribution in [0.3, 0.4) is 0 Å². The third-order valence-electron chi connectivity index (χ3n) is 4.10. The van der Waals surface area contributed by atoms with Gasteiger partial charge in [0.05, 0.1) is 0 Å². The lowest BCUT2D eigenvalue weighted by Gasteiger charge is -2.17. The van der Waals surface area contributed by atoms with E-state index >= 15 is 0 Å². The second-order valence-electron chi connectivity index (χ2n) is 6.09. The minimum atomic E-state index is -0.244. The first-order valence-electron chi connectivity index (χ1n) is 8.64. The van der Waals surface area contributed by atoms with E-state index in [1.165, 1.54) is 5.56 Å². The Morgan fingerprint density at radius 3 is 2.42 bits per heavy atom. The molecule has 3 rings (SSSR count). The van der Waals surface area contributed by atoms with Gasteiger partial charge in [0.2, 0.25) is 5.95 Å². The Balaban J connectivity index is 1.70. The molecule has 1 amide bonds. The maximum absolute atomic E-state index is 12.5. The summed E-state index contributed by atoms with van der Waals surface area (Å²) in [7, 11) is 1.91. The second-order valence-corrected chi connectivity index (χ2v) is 6.09. The van der Waals surface area contributed by atoms with Gasteiger partial charge in [-0.2, -0.15) is 0 Å². The molecule has 0 unspecified atom stereocenters. The fourth-order valence-electron chi connectivity index (χ4n) is 2.61. The lowest BCUT2D eigenvalue weighted by molar-refractivity contribution is 0.102. The van der Waals surface area contributed by atoms with Crippen LogP contribution in [0.4, 0.5) is 11.6 Å². The molecule has 3 aromatic rings. The lowest BCUT2D eigenvalue weighted by Crippen LogP contribution is -2.21. The van der Waals surface area contributed by atoms with Gasteiger partial charge < -0.3 is 10.2 Å². The Bertz CT molecular complexity index is 863. The average Bonchev–Trinajstić information content (AvgIpc) is 2.69. The van der Waals surface area contributed by atoms with Crippen LogP contribution >= 0.6 is 0 Å². The predicted molar refractivity (Wildman–Crippen MR) is 104 cm³/mol. The van der Waals surface area contributed by atoms with Gasteiger partial charge in [-0.25, -0.2) is 9.97 Å². The largest absolute Gasteiger partial charge is 0.340 e. The number of carbonyl (C=O) groups excluding carboxylic acids is 1. The van der Waals surface area contributed by atoms with E-state index in [-0.39, 0.29) is 5.91 Å². The molecular weight excluding hydrogens is 324 g/mol. The van der Waals surface area contributed by atoms with Crippen LogP contribution < -0.4 is 10.2 Å². The number of anilines is 2. The number of amides is 1. The van der Waals surface area contributed by atoms with Crippen molar-refractivity contribution in [2.45, 2.75) is 19.9 Å². The second kappa shape index (κ2) is 8.25. The summed E-state index contributed by atoms with van der Waals surface area (Å²) < 4.78 is 0. The Morgan fingerprint density at radius 2 is 1.73 bits per heavy atom. The summed E-state index contributed by atoms with van der Waals surface area (Å²) in [6.07, 6.45) is 2.58. The van der Waals surface area contributed by atoms with Crippen LogP contribution in [0, 0.1) is 0 Å². The van der Waals surface area contributed by atoms with E-state index in [9.17, 15) is 4.79 Å². The summed E-state index contributed by atoms with van der Waals surface area (Å²) in [5.74, 6) is 0.272. The van der Waals surface area contributed by atoms with Crippen molar-refractivity contribution in [2.24, 2.45) is 0 Å². The van der Waals surface area contributed by atoms with E-state index in [1.807, 2.05) is 66.5 Å². The molecule has 1 heterocycles. The summed E-state index contributed by atoms with van der Waals surface area (Å²) >= 11 is 0. The van der Waals surface area contributed by atoms with Crippen LogP contribution in [0.2, 0.25) is 0 Å². The van der Waals surface area contributed by atoms with Crippen molar-refractivity contribution in [2.75, 3.05) is 17.3 Å². The molecule has 0 bridgehead atoms. The van der Waals surface area contributed by atoms with Crippen molar-refractivity contribution >= 4 is 17.5 Å². The normalized spacial score (nSPS) is 10.4. The van der Waals surface area contributed by atoms with Crippen LogP contribution in [-0.4, -0.2) is 22.9 Å². The van der Waals surface area contributed by atoms with Gasteiger partial charge in [-0.15, -0.1) is 0 Å². The first-order chi connectivity index (χ1) is 12.7. The molecule has 0 aliphatic rings. The molecule has 0 saturated heterocycles. The van der Waals surface area contributed by atoms with Crippen LogP contribution in [0.5, 0.6) is 0 Å². The first-order valence-corrected chi connectivity index (χ1v) is 8.64. The third-order valence-corrected chi connectivity index (χ3v) is 4.10. The highest BCUT2D eigenvalue weighted by Gasteiger charge is 2.12. The molecule has 0 aliphatic carbocycles. The highest BCUT2D eigenvalue weighted by molar-refractivity contribution is 6.02. The van der Waals surface area contributed by atoms with Crippen molar-refractivity contribution in [1.82, 2.24) is 9.97 Å². The number of nitrogens with one attached hydrogen (secondary N) is 1. The number of nitrogens with zero attached hydrogens (tertiary/aromatic N) is 3. The summed E-state index contributed by atoms with van der Waals surface area (Å²) in [5.41, 5.74) is 3.49. The Kier molecular flexibility index (Phi) is 5.59. The van der Waals surface area contributed by atoms with Gasteiger partial charge in [0, 0.05) is 25.5 Å². The molecule has 0 aliphatic heterocycles. The van der Waals surface area contributed by atoms with E-state index in [0.717, 1.165) is 17.7 Å². The topological polar surface area (TPSA) is 58.1 Å². The zero-order valence-corrected chi connectivity index (χ0v) is 15.0. The van der Waals surface area contributed by atoms with Crippen molar-refractivity contribution in [3.8, 4) is 0 Å². The molecule has 1 aromatic heterocycles. The van der Waals surface area contributed by atoms with Crippen LogP contribution in [0.25, 0.3) is 0 Å². The predicted octanol–water partition coefficient (Wildman–Crippen LogP) is 3.93. The molecule has 5 heteroatoms. The molecular formula is C21H22N4O. The highest BCUT2D eigenvalue weighted by Crippen LogP contribution is 2.13. The average molecular weight is 346 g/mol. The summed E-state index contributed by atoms with van der Waals surface area (Å²) in [4.78, 5) is 23.1. The van der Waals surface area contributed by atoms with E-state index in [1.54, 1.807) is 12.3 Å². The quantitative estimate of drug-likeness (QED) is 0.735. The number of benzene rings is 2. The zero-order valence-electron chi connectivity index (χ0n) is 15.0. The SMILES string of the molecule is CCc1ccc(NC(=O)c2ccnc(N(C)Cc3ccccc3)n2)cc1. The van der Waals surface area contributed by atoms with Gasteiger partial charge in [0.25, 0.3) is 5.91 Å². The molecule has 0 fully saturated rings. The first kappa shape index (κ1) is 17.6. The van der Waals surface area contributed by atoms with Gasteiger partial charge in [-0.1, -0.05) is 49.4 Å². The summed E-state index contributed by atoms with van der Waals surface area (Å²) in [6.45, 7) is 2.77. The molecule has 0 atom stereocenters. The maximum atomic E-state index is 12.5. The lowest BCUT2D eigenvalue weighted by atomic mass is 10.1. The number of aryl methyl sites for hydroxylation is 1. The molecule has 0 spiro atoms. The van der Waals surface area contributed by atoms with Crippen LogP contribution in [-0.2, 0) is 13.0 Å². The van der Waals surface area contributed by atoms with Crippen molar-refractivity contribution in [3.05, 3.63) is 83.7 Å². The highest BCUT2D eigenvalue weighted by atomic mass is 16.1. The minimum Gasteiger partial charge on any atom is -0.340 e. The van der Waals surface area contributed by atoms with Crippen LogP contribution in [0.15, 0.2) is 66.9 Å². The van der Waals surface area contributed by atoms with Gasteiger partial charge in [0.15, 0.2) is 0 Å². The molecule has 26 heavy (non-hydrogen) atoms. The van der Waals surface area contributed by atoms with E-state index in [0.29, 0.717) is 18.2 Å². The van der Waals surface area contributed by atoms with Crippen LogP contribution in [0.1, 0.15) is 28.5 Å². The van der Waals surface area contributed by atoms with E-state index < -0.39 is 0 Å². The Morgan fingerprint density at radius 1 is 1.00 bits per heavy atom. The van der Waals surface area contributed by atoms with Crippen molar-refractivity contribution < 1.29 is 4.79 Å². The smallest absolute Gasteiger partial charge is 0.274 e. The fourth-order valence-corrected chi connectivity index (χ4v) is 2.61. The van der Waals surface area contributed by atoms with E-state index in [4.69, 9.17) is 0 Å². The number of carbonyl (C=O) groups is 1. The van der Waals surface area contributed by atoms with Crippen molar-refractivity contribution in [3.63, 3.8) is 0 Å². The molecule has 132 valence electrons. The molecule has 0 radical (unpaired) electrons. The monoisotopic (exact) mass is 346 g/mol. The van der Waals surface area contributed by atoms with Gasteiger partial charge >= 0.3 is 0 Å². The summed E-state index contributed by atoms with van der Waals surface area (Å²) in [5, 5.41) is 2.88. The third kappa shape index (κ3) is 4.45. The summed E-state index contributed by atoms with van der Waals surface area (Å²) in [6, 6.07) is 19.5. The molecule has 5 nitrogen and oxygen atoms in total. The zero-order chi connectivity index (χ0) is 18.4. The Labute approximate surface area is 153 Å². The van der Waals surface area contributed by atoms with Crippen molar-refractivity contribution in [1.29, 1.82) is 0 Å². The molecule has 1 N–H and O–H groups in total. The number of hydrogen-bond donors (Lipinski definition) is 1. The molecule has 0 saturated carbocycles. The minimum absolute atomic E-state index is 0.244.